The van der Waals surface area contributed by atoms with Crippen LogP contribution in [0.15, 0.2) is 42.5 Å². The fraction of sp³-hybridized carbons (Fsp3) is 0.462. The molecule has 3 aromatic rings. The van der Waals surface area contributed by atoms with Crippen LogP contribution >= 0.6 is 0 Å². The number of ether oxygens (including phenoxy) is 2. The van der Waals surface area contributed by atoms with Gasteiger partial charge < -0.3 is 18.9 Å². The normalized spacial score (nSPS) is 16.2. The van der Waals surface area contributed by atoms with Crippen molar-refractivity contribution in [2.45, 2.75) is 51.2 Å². The third-order valence-electron chi connectivity index (χ3n) is 6.11. The number of benzene rings is 2. The average molecular weight is 544 g/mol. The lowest BCUT2D eigenvalue weighted by atomic mass is 10.1. The molecule has 4 rings (SSSR count). The first-order valence-corrected chi connectivity index (χ1v) is 12.2. The Hall–Kier alpha value is -3.28. The van der Waals surface area contributed by atoms with E-state index in [9.17, 15) is 31.1 Å². The predicted molar refractivity (Wildman–Crippen MR) is 127 cm³/mol. The fourth-order valence-electron chi connectivity index (χ4n) is 4.51. The molecule has 1 amide bonds. The zero-order valence-corrected chi connectivity index (χ0v) is 20.6. The molecule has 1 saturated heterocycles. The molecule has 0 radical (unpaired) electrons. The summed E-state index contributed by atoms with van der Waals surface area (Å²) >= 11 is 0. The number of carbonyl (C=O) groups excluding carboxylic acids is 1. The maximum atomic E-state index is 12.9. The number of rotatable bonds is 9. The van der Waals surface area contributed by atoms with Gasteiger partial charge in [-0.1, -0.05) is 12.1 Å². The van der Waals surface area contributed by atoms with Crippen molar-refractivity contribution in [3.05, 3.63) is 59.4 Å². The van der Waals surface area contributed by atoms with Gasteiger partial charge in [0.15, 0.2) is 0 Å². The number of fused-ring (bicyclic) bond motifs is 1. The zero-order chi connectivity index (χ0) is 27.5. The number of nitrogens with zero attached hydrogens (tertiary/aromatic N) is 3. The number of carbonyl (C=O) groups is 1. The van der Waals surface area contributed by atoms with Crippen molar-refractivity contribution in [2.75, 3.05) is 26.3 Å². The lowest BCUT2D eigenvalue weighted by molar-refractivity contribution is -0.171. The molecule has 12 heteroatoms. The van der Waals surface area contributed by atoms with E-state index in [0.29, 0.717) is 43.0 Å². The quantitative estimate of drug-likeness (QED) is 0.322. The standard InChI is InChI=1S/C26H27F6N3O3/c1-2-37-19-8-5-17(6-9-19)12-23-33-21-13-18(7-10-22(21)35(23)14-20-4-3-11-38-20)24(36)34(15-25(27,28)29)16-26(30,31)32/h5-10,13,20H,2-4,11-12,14-16H2,1H3/t20-/m0/s1. The predicted octanol–water partition coefficient (Wildman–Crippen LogP) is 5.77. The second-order valence-electron chi connectivity index (χ2n) is 9.12. The largest absolute Gasteiger partial charge is 0.494 e. The molecular formula is C26H27F6N3O3. The maximum Gasteiger partial charge on any atom is 0.406 e. The molecule has 206 valence electrons. The van der Waals surface area contributed by atoms with Gasteiger partial charge in [0.2, 0.25) is 0 Å². The zero-order valence-electron chi connectivity index (χ0n) is 20.6. The summed E-state index contributed by atoms with van der Waals surface area (Å²) in [6.45, 7) is -0.505. The minimum atomic E-state index is -4.99. The van der Waals surface area contributed by atoms with Gasteiger partial charge in [-0.15, -0.1) is 0 Å². The molecule has 0 saturated carbocycles. The van der Waals surface area contributed by atoms with Gasteiger partial charge in [0.05, 0.1) is 30.3 Å². The van der Waals surface area contributed by atoms with E-state index in [1.807, 2.05) is 35.8 Å². The first-order chi connectivity index (χ1) is 17.9. The Balaban J connectivity index is 1.67. The van der Waals surface area contributed by atoms with Gasteiger partial charge in [0.1, 0.15) is 24.7 Å². The van der Waals surface area contributed by atoms with Crippen LogP contribution in [-0.4, -0.2) is 65.1 Å². The minimum absolute atomic E-state index is 0.0538. The first kappa shape index (κ1) is 27.7. The molecule has 0 bridgehead atoms. The van der Waals surface area contributed by atoms with Crippen molar-refractivity contribution in [3.8, 4) is 5.75 Å². The number of hydrogen-bond donors (Lipinski definition) is 0. The smallest absolute Gasteiger partial charge is 0.406 e. The first-order valence-electron chi connectivity index (χ1n) is 12.2. The van der Waals surface area contributed by atoms with Crippen molar-refractivity contribution in [1.29, 1.82) is 0 Å². The third-order valence-corrected chi connectivity index (χ3v) is 6.11. The highest BCUT2D eigenvalue weighted by Gasteiger charge is 2.40. The Morgan fingerprint density at radius 2 is 1.76 bits per heavy atom. The second kappa shape index (κ2) is 11.2. The molecule has 0 aliphatic carbocycles. The lowest BCUT2D eigenvalue weighted by Crippen LogP contribution is -2.44. The van der Waals surface area contributed by atoms with Crippen molar-refractivity contribution in [2.24, 2.45) is 0 Å². The summed E-state index contributed by atoms with van der Waals surface area (Å²) in [6, 6.07) is 11.4. The number of hydrogen-bond acceptors (Lipinski definition) is 4. The lowest BCUT2D eigenvalue weighted by Gasteiger charge is -2.25. The van der Waals surface area contributed by atoms with Crippen LogP contribution in [0.3, 0.4) is 0 Å². The molecule has 0 unspecified atom stereocenters. The molecule has 1 aromatic heterocycles. The van der Waals surface area contributed by atoms with Crippen LogP contribution < -0.4 is 4.74 Å². The molecule has 6 nitrogen and oxygen atoms in total. The van der Waals surface area contributed by atoms with E-state index in [1.54, 1.807) is 0 Å². The van der Waals surface area contributed by atoms with Crippen molar-refractivity contribution < 1.29 is 40.6 Å². The van der Waals surface area contributed by atoms with E-state index >= 15 is 0 Å². The number of halogens is 6. The van der Waals surface area contributed by atoms with Gasteiger partial charge in [-0.3, -0.25) is 4.79 Å². The molecule has 0 N–H and O–H groups in total. The van der Waals surface area contributed by atoms with Crippen LogP contribution in [0.5, 0.6) is 5.75 Å². The average Bonchev–Trinajstić information content (AvgIpc) is 3.46. The summed E-state index contributed by atoms with van der Waals surface area (Å²) in [5.74, 6) is -0.0236. The van der Waals surface area contributed by atoms with Crippen LogP contribution in [-0.2, 0) is 17.7 Å². The van der Waals surface area contributed by atoms with Crippen LogP contribution in [0, 0.1) is 0 Å². The fourth-order valence-corrected chi connectivity index (χ4v) is 4.51. The van der Waals surface area contributed by atoms with E-state index in [-0.39, 0.29) is 16.6 Å². The summed E-state index contributed by atoms with van der Waals surface area (Å²) in [5, 5.41) is 0. The number of alkyl halides is 6. The Morgan fingerprint density at radius 3 is 2.34 bits per heavy atom. The van der Waals surface area contributed by atoms with Gasteiger partial charge in [0, 0.05) is 18.6 Å². The summed E-state index contributed by atoms with van der Waals surface area (Å²) in [5.41, 5.74) is 1.53. The van der Waals surface area contributed by atoms with Crippen LogP contribution in [0.25, 0.3) is 11.0 Å². The van der Waals surface area contributed by atoms with Gasteiger partial charge in [-0.25, -0.2) is 4.98 Å². The summed E-state index contributed by atoms with van der Waals surface area (Å²) < 4.78 is 90.8. The van der Waals surface area contributed by atoms with Gasteiger partial charge in [-0.2, -0.15) is 26.3 Å². The van der Waals surface area contributed by atoms with Gasteiger partial charge in [-0.05, 0) is 55.7 Å². The van der Waals surface area contributed by atoms with Crippen molar-refractivity contribution >= 4 is 16.9 Å². The molecule has 38 heavy (non-hydrogen) atoms. The van der Waals surface area contributed by atoms with E-state index in [4.69, 9.17) is 9.47 Å². The molecule has 1 aliphatic rings. The Bertz CT molecular complexity index is 1230. The van der Waals surface area contributed by atoms with Crippen LogP contribution in [0.2, 0.25) is 0 Å². The molecule has 2 aromatic carbocycles. The maximum absolute atomic E-state index is 12.9. The summed E-state index contributed by atoms with van der Waals surface area (Å²) in [4.78, 5) is 17.1. The Morgan fingerprint density at radius 1 is 1.08 bits per heavy atom. The van der Waals surface area contributed by atoms with Gasteiger partial charge in [0.25, 0.3) is 5.91 Å². The number of aromatic nitrogens is 2. The Kier molecular flexibility index (Phi) is 8.19. The highest BCUT2D eigenvalue weighted by molar-refractivity contribution is 5.97. The summed E-state index contributed by atoms with van der Waals surface area (Å²) in [7, 11) is 0. The van der Waals surface area contributed by atoms with E-state index < -0.39 is 31.3 Å². The number of amides is 1. The van der Waals surface area contributed by atoms with Crippen molar-refractivity contribution in [1.82, 2.24) is 14.5 Å². The molecule has 1 fully saturated rings. The van der Waals surface area contributed by atoms with Crippen LogP contribution in [0.1, 0.15) is 41.5 Å². The van der Waals surface area contributed by atoms with Crippen molar-refractivity contribution in [3.63, 3.8) is 0 Å². The minimum Gasteiger partial charge on any atom is -0.494 e. The molecular weight excluding hydrogens is 516 g/mol. The molecule has 1 atom stereocenters. The van der Waals surface area contributed by atoms with Crippen LogP contribution in [0.4, 0.5) is 26.3 Å². The van der Waals surface area contributed by atoms with E-state index in [2.05, 4.69) is 4.98 Å². The van der Waals surface area contributed by atoms with E-state index in [0.717, 1.165) is 24.2 Å². The summed E-state index contributed by atoms with van der Waals surface area (Å²) in [6.07, 6.45) is -7.86. The van der Waals surface area contributed by atoms with E-state index in [1.165, 1.54) is 18.2 Å². The highest BCUT2D eigenvalue weighted by atomic mass is 19.4. The van der Waals surface area contributed by atoms with Gasteiger partial charge >= 0.3 is 12.4 Å². The number of imidazole rings is 1. The highest BCUT2D eigenvalue weighted by Crippen LogP contribution is 2.27. The molecule has 2 heterocycles. The topological polar surface area (TPSA) is 56.6 Å². The monoisotopic (exact) mass is 543 g/mol. The molecule has 0 spiro atoms. The molecule has 1 aliphatic heterocycles. The second-order valence-corrected chi connectivity index (χ2v) is 9.12. The Labute approximate surface area is 215 Å². The third kappa shape index (κ3) is 7.18. The SMILES string of the molecule is CCOc1ccc(Cc2nc3cc(C(=O)N(CC(F)(F)F)CC(F)(F)F)ccc3n2C[C@@H]2CCCO2)cc1.